The molecule has 5 nitrogen and oxygen atoms in total. The second-order valence-electron chi connectivity index (χ2n) is 9.20. The summed E-state index contributed by atoms with van der Waals surface area (Å²) in [4.78, 5) is 27.3. The number of benzene rings is 2. The first kappa shape index (κ1) is 25.8. The normalized spacial score (nSPS) is 12.4. The van der Waals surface area contributed by atoms with Crippen molar-refractivity contribution in [1.29, 1.82) is 0 Å². The number of halogens is 2. The van der Waals surface area contributed by atoms with Crippen LogP contribution < -0.4 is 10.1 Å². The van der Waals surface area contributed by atoms with Gasteiger partial charge in [0.1, 0.15) is 17.6 Å². The molecule has 1 atom stereocenters. The molecule has 0 aliphatic heterocycles. The van der Waals surface area contributed by atoms with Crippen LogP contribution in [0.3, 0.4) is 0 Å². The maximum atomic E-state index is 13.3. The summed E-state index contributed by atoms with van der Waals surface area (Å²) in [6.07, 6.45) is 0. The molecule has 0 bridgehead atoms. The van der Waals surface area contributed by atoms with Crippen LogP contribution in [0.1, 0.15) is 58.6 Å². The lowest BCUT2D eigenvalue weighted by Crippen LogP contribution is -2.53. The highest BCUT2D eigenvalue weighted by Gasteiger charge is 2.28. The Kier molecular flexibility index (Phi) is 8.84. The zero-order valence-corrected chi connectivity index (χ0v) is 21.1. The molecule has 0 aromatic heterocycles. The van der Waals surface area contributed by atoms with E-state index in [1.165, 1.54) is 17.0 Å². The molecular formula is C25H32BrFN2O3. The minimum Gasteiger partial charge on any atom is -0.483 e. The van der Waals surface area contributed by atoms with Crippen LogP contribution in [0.15, 0.2) is 46.9 Å². The van der Waals surface area contributed by atoms with Gasteiger partial charge in [0.25, 0.3) is 5.91 Å². The van der Waals surface area contributed by atoms with Crippen molar-refractivity contribution in [3.63, 3.8) is 0 Å². The first-order valence-corrected chi connectivity index (χ1v) is 11.4. The summed E-state index contributed by atoms with van der Waals surface area (Å²) in [6, 6.07) is 10.9. The zero-order valence-electron chi connectivity index (χ0n) is 19.5. The quantitative estimate of drug-likeness (QED) is 0.519. The van der Waals surface area contributed by atoms with E-state index in [1.54, 1.807) is 19.1 Å². The number of nitrogens with zero attached hydrogens (tertiary/aromatic N) is 1. The standard InChI is InChI=1S/C25H32BrFN2O3/c1-16(2)19-9-12-22(21(26)13-19)32-15-23(30)29(14-18-7-10-20(27)11-8-18)17(3)24(31)28-25(4,5)6/h7-13,16-17H,14-15H2,1-6H3,(H,28,31)/t17-/m0/s1. The van der Waals surface area contributed by atoms with Crippen molar-refractivity contribution in [2.45, 2.75) is 65.6 Å². The van der Waals surface area contributed by atoms with Crippen LogP contribution in [0.2, 0.25) is 0 Å². The first-order valence-electron chi connectivity index (χ1n) is 10.7. The Balaban J connectivity index is 2.19. The molecule has 0 radical (unpaired) electrons. The third kappa shape index (κ3) is 7.62. The lowest BCUT2D eigenvalue weighted by Gasteiger charge is -2.31. The molecule has 0 saturated heterocycles. The predicted molar refractivity (Wildman–Crippen MR) is 128 cm³/mol. The highest BCUT2D eigenvalue weighted by molar-refractivity contribution is 9.10. The summed E-state index contributed by atoms with van der Waals surface area (Å²) in [6.45, 7) is 11.5. The summed E-state index contributed by atoms with van der Waals surface area (Å²) in [5.74, 6) is -0.0454. The molecule has 2 aromatic carbocycles. The van der Waals surface area contributed by atoms with E-state index in [0.717, 1.165) is 15.6 Å². The Morgan fingerprint density at radius 1 is 1.09 bits per heavy atom. The molecule has 0 fully saturated rings. The number of hydrogen-bond donors (Lipinski definition) is 1. The molecule has 32 heavy (non-hydrogen) atoms. The minimum atomic E-state index is -0.734. The van der Waals surface area contributed by atoms with Crippen LogP contribution >= 0.6 is 15.9 Å². The smallest absolute Gasteiger partial charge is 0.261 e. The van der Waals surface area contributed by atoms with Gasteiger partial charge in [-0.25, -0.2) is 4.39 Å². The number of carbonyl (C=O) groups excluding carboxylic acids is 2. The fourth-order valence-corrected chi connectivity index (χ4v) is 3.57. The largest absolute Gasteiger partial charge is 0.483 e. The second-order valence-corrected chi connectivity index (χ2v) is 10.1. The van der Waals surface area contributed by atoms with Gasteiger partial charge in [-0.15, -0.1) is 0 Å². The number of amides is 2. The Morgan fingerprint density at radius 3 is 2.25 bits per heavy atom. The summed E-state index contributed by atoms with van der Waals surface area (Å²) in [5.41, 5.74) is 1.44. The van der Waals surface area contributed by atoms with Gasteiger partial charge in [-0.1, -0.05) is 32.0 Å². The Morgan fingerprint density at radius 2 is 1.72 bits per heavy atom. The number of rotatable bonds is 8. The second kappa shape index (κ2) is 10.9. The summed E-state index contributed by atoms with van der Waals surface area (Å²) < 4.78 is 19.8. The number of nitrogens with one attached hydrogen (secondary N) is 1. The average molecular weight is 507 g/mol. The molecule has 1 N–H and O–H groups in total. The highest BCUT2D eigenvalue weighted by atomic mass is 79.9. The third-order valence-corrected chi connectivity index (χ3v) is 5.53. The molecular weight excluding hydrogens is 475 g/mol. The Hall–Kier alpha value is -2.41. The van der Waals surface area contributed by atoms with Gasteiger partial charge < -0.3 is 15.0 Å². The fourth-order valence-electron chi connectivity index (χ4n) is 3.06. The van der Waals surface area contributed by atoms with Gasteiger partial charge in [0.15, 0.2) is 6.61 Å². The zero-order chi connectivity index (χ0) is 24.1. The topological polar surface area (TPSA) is 58.6 Å². The van der Waals surface area contributed by atoms with Gasteiger partial charge in [0, 0.05) is 12.1 Å². The van der Waals surface area contributed by atoms with E-state index in [9.17, 15) is 14.0 Å². The van der Waals surface area contributed by atoms with E-state index in [0.29, 0.717) is 11.7 Å². The van der Waals surface area contributed by atoms with Gasteiger partial charge in [0.2, 0.25) is 5.91 Å². The van der Waals surface area contributed by atoms with Crippen molar-refractivity contribution in [1.82, 2.24) is 10.2 Å². The molecule has 2 aromatic rings. The summed E-state index contributed by atoms with van der Waals surface area (Å²) >= 11 is 3.50. The average Bonchev–Trinajstić information content (AvgIpc) is 2.70. The fraction of sp³-hybridized carbons (Fsp3) is 0.440. The highest BCUT2D eigenvalue weighted by Crippen LogP contribution is 2.29. The van der Waals surface area contributed by atoms with Crippen molar-refractivity contribution in [3.05, 3.63) is 63.9 Å². The molecule has 174 valence electrons. The molecule has 0 unspecified atom stereocenters. The summed E-state index contributed by atoms with van der Waals surface area (Å²) in [5, 5.41) is 2.91. The lowest BCUT2D eigenvalue weighted by atomic mass is 10.0. The van der Waals surface area contributed by atoms with Gasteiger partial charge >= 0.3 is 0 Å². The monoisotopic (exact) mass is 506 g/mol. The van der Waals surface area contributed by atoms with Gasteiger partial charge in [0.05, 0.1) is 4.47 Å². The predicted octanol–water partition coefficient (Wildman–Crippen LogP) is 5.42. The van der Waals surface area contributed by atoms with E-state index in [4.69, 9.17) is 4.74 Å². The van der Waals surface area contributed by atoms with E-state index < -0.39 is 11.6 Å². The van der Waals surface area contributed by atoms with Crippen molar-refractivity contribution in [2.24, 2.45) is 0 Å². The van der Waals surface area contributed by atoms with E-state index in [-0.39, 0.29) is 30.8 Å². The maximum absolute atomic E-state index is 13.3. The van der Waals surface area contributed by atoms with Crippen LogP contribution in [0.25, 0.3) is 0 Å². The van der Waals surface area contributed by atoms with Gasteiger partial charge in [-0.05, 0) is 84.9 Å². The van der Waals surface area contributed by atoms with Crippen LogP contribution in [-0.4, -0.2) is 34.9 Å². The van der Waals surface area contributed by atoms with E-state index in [1.807, 2.05) is 39.0 Å². The van der Waals surface area contributed by atoms with Crippen molar-refractivity contribution in [2.75, 3.05) is 6.61 Å². The molecule has 0 spiro atoms. The van der Waals surface area contributed by atoms with Crippen LogP contribution in [0.5, 0.6) is 5.75 Å². The SMILES string of the molecule is CC(C)c1ccc(OCC(=O)N(Cc2ccc(F)cc2)[C@@H](C)C(=O)NC(C)(C)C)c(Br)c1. The van der Waals surface area contributed by atoms with Crippen molar-refractivity contribution >= 4 is 27.7 Å². The molecule has 0 aliphatic carbocycles. The first-order chi connectivity index (χ1) is 14.9. The van der Waals surface area contributed by atoms with Crippen LogP contribution in [0.4, 0.5) is 4.39 Å². The van der Waals surface area contributed by atoms with Gasteiger partial charge in [-0.3, -0.25) is 9.59 Å². The lowest BCUT2D eigenvalue weighted by molar-refractivity contribution is -0.142. The number of carbonyl (C=O) groups is 2. The summed E-state index contributed by atoms with van der Waals surface area (Å²) in [7, 11) is 0. The molecule has 2 amide bonds. The number of ether oxygens (including phenoxy) is 1. The molecule has 2 rings (SSSR count). The van der Waals surface area contributed by atoms with Crippen LogP contribution in [-0.2, 0) is 16.1 Å². The third-order valence-electron chi connectivity index (χ3n) is 4.91. The molecule has 0 heterocycles. The van der Waals surface area contributed by atoms with Crippen molar-refractivity contribution in [3.8, 4) is 5.75 Å². The molecule has 0 saturated carbocycles. The number of hydrogen-bond acceptors (Lipinski definition) is 3. The van der Waals surface area contributed by atoms with Crippen LogP contribution in [0, 0.1) is 5.82 Å². The minimum absolute atomic E-state index is 0.161. The van der Waals surface area contributed by atoms with Gasteiger partial charge in [-0.2, -0.15) is 0 Å². The van der Waals surface area contributed by atoms with Crippen molar-refractivity contribution < 1.29 is 18.7 Å². The maximum Gasteiger partial charge on any atom is 0.261 e. The molecule has 7 heteroatoms. The Bertz CT molecular complexity index is 939. The Labute approximate surface area is 198 Å². The van der Waals surface area contributed by atoms with E-state index in [2.05, 4.69) is 35.1 Å². The van der Waals surface area contributed by atoms with E-state index >= 15 is 0 Å². The molecule has 0 aliphatic rings.